The highest BCUT2D eigenvalue weighted by Gasteiger charge is 2.46. The molecule has 0 aliphatic heterocycles. The van der Waals surface area contributed by atoms with Crippen molar-refractivity contribution in [1.29, 1.82) is 0 Å². The zero-order valence-electron chi connectivity index (χ0n) is 11.7. The third kappa shape index (κ3) is 4.64. The fraction of sp³-hybridized carbons (Fsp3) is 0.846. The molecule has 5 heteroatoms. The standard InChI is InChI=1S/C13H24O5/c1-5-7-13(11(14)15,12(16)17-6-2)8-9-18-10(3)4/h10H,5-9H2,1-4H3,(H,14,15). The Morgan fingerprint density at radius 1 is 1.22 bits per heavy atom. The molecule has 0 fully saturated rings. The maximum Gasteiger partial charge on any atom is 0.323 e. The van der Waals surface area contributed by atoms with Crippen LogP contribution in [-0.4, -0.2) is 36.4 Å². The molecule has 1 N–H and O–H groups in total. The SMILES string of the molecule is CCCC(CCOC(C)C)(C(=O)O)C(=O)OCC. The van der Waals surface area contributed by atoms with Crippen LogP contribution in [0.1, 0.15) is 47.0 Å². The van der Waals surface area contributed by atoms with E-state index >= 15 is 0 Å². The molecule has 0 aromatic rings. The van der Waals surface area contributed by atoms with Crippen LogP contribution < -0.4 is 0 Å². The fourth-order valence-electron chi connectivity index (χ4n) is 1.80. The molecule has 106 valence electrons. The summed E-state index contributed by atoms with van der Waals surface area (Å²) in [4.78, 5) is 23.4. The van der Waals surface area contributed by atoms with Gasteiger partial charge in [0.1, 0.15) is 0 Å². The molecule has 1 unspecified atom stereocenters. The summed E-state index contributed by atoms with van der Waals surface area (Å²) in [7, 11) is 0. The van der Waals surface area contributed by atoms with Crippen LogP contribution >= 0.6 is 0 Å². The van der Waals surface area contributed by atoms with E-state index in [-0.39, 0.29) is 32.2 Å². The number of esters is 1. The third-order valence-corrected chi connectivity index (χ3v) is 2.73. The number of hydrogen-bond donors (Lipinski definition) is 1. The average Bonchev–Trinajstić information content (AvgIpc) is 2.27. The maximum absolute atomic E-state index is 11.9. The summed E-state index contributed by atoms with van der Waals surface area (Å²) in [5.41, 5.74) is -1.47. The molecular formula is C13H24O5. The summed E-state index contributed by atoms with van der Waals surface area (Å²) in [6, 6.07) is 0. The van der Waals surface area contributed by atoms with Crippen molar-refractivity contribution in [1.82, 2.24) is 0 Å². The van der Waals surface area contributed by atoms with Gasteiger partial charge < -0.3 is 14.6 Å². The first-order chi connectivity index (χ1) is 8.40. The second-order valence-corrected chi connectivity index (χ2v) is 4.53. The van der Waals surface area contributed by atoms with Crippen LogP contribution in [0.3, 0.4) is 0 Å². The topological polar surface area (TPSA) is 72.8 Å². The van der Waals surface area contributed by atoms with Gasteiger partial charge in [0.15, 0.2) is 5.41 Å². The quantitative estimate of drug-likeness (QED) is 0.508. The molecule has 5 nitrogen and oxygen atoms in total. The Morgan fingerprint density at radius 3 is 2.22 bits per heavy atom. The smallest absolute Gasteiger partial charge is 0.323 e. The number of carboxylic acids is 1. The van der Waals surface area contributed by atoms with Crippen molar-refractivity contribution >= 4 is 11.9 Å². The predicted octanol–water partition coefficient (Wildman–Crippen LogP) is 2.24. The van der Waals surface area contributed by atoms with E-state index in [1.807, 2.05) is 20.8 Å². The van der Waals surface area contributed by atoms with Gasteiger partial charge in [-0.15, -0.1) is 0 Å². The lowest BCUT2D eigenvalue weighted by molar-refractivity contribution is -0.171. The molecule has 0 radical (unpaired) electrons. The number of aliphatic carboxylic acids is 1. The Hall–Kier alpha value is -1.10. The average molecular weight is 260 g/mol. The second kappa shape index (κ2) is 8.08. The van der Waals surface area contributed by atoms with Gasteiger partial charge in [0.05, 0.1) is 12.7 Å². The Bertz CT molecular complexity index is 275. The molecule has 0 aromatic heterocycles. The van der Waals surface area contributed by atoms with Gasteiger partial charge in [-0.05, 0) is 33.6 Å². The van der Waals surface area contributed by atoms with E-state index < -0.39 is 17.4 Å². The van der Waals surface area contributed by atoms with Crippen LogP contribution in [0.15, 0.2) is 0 Å². The molecule has 0 rings (SSSR count). The van der Waals surface area contributed by atoms with Gasteiger partial charge in [-0.25, -0.2) is 0 Å². The lowest BCUT2D eigenvalue weighted by Crippen LogP contribution is -2.42. The van der Waals surface area contributed by atoms with Crippen LogP contribution in [-0.2, 0) is 19.1 Å². The van der Waals surface area contributed by atoms with Crippen molar-refractivity contribution in [2.75, 3.05) is 13.2 Å². The molecule has 0 amide bonds. The minimum Gasteiger partial charge on any atom is -0.480 e. The molecule has 18 heavy (non-hydrogen) atoms. The molecular weight excluding hydrogens is 236 g/mol. The third-order valence-electron chi connectivity index (χ3n) is 2.73. The van der Waals surface area contributed by atoms with E-state index in [9.17, 15) is 14.7 Å². The molecule has 0 saturated heterocycles. The van der Waals surface area contributed by atoms with Crippen molar-refractivity contribution in [3.8, 4) is 0 Å². The van der Waals surface area contributed by atoms with Crippen LogP contribution in [0.5, 0.6) is 0 Å². The lowest BCUT2D eigenvalue weighted by atomic mass is 9.80. The Balaban J connectivity index is 4.85. The number of rotatable bonds is 9. The van der Waals surface area contributed by atoms with Gasteiger partial charge in [-0.1, -0.05) is 13.3 Å². The first-order valence-electron chi connectivity index (χ1n) is 6.43. The van der Waals surface area contributed by atoms with Crippen LogP contribution in [0.2, 0.25) is 0 Å². The zero-order chi connectivity index (χ0) is 14.2. The van der Waals surface area contributed by atoms with Crippen molar-refractivity contribution in [2.45, 2.75) is 53.1 Å². The fourth-order valence-corrected chi connectivity index (χ4v) is 1.80. The first-order valence-corrected chi connectivity index (χ1v) is 6.43. The number of ether oxygens (including phenoxy) is 2. The number of carboxylic acid groups (broad SMARTS) is 1. The summed E-state index contributed by atoms with van der Waals surface area (Å²) >= 11 is 0. The minimum atomic E-state index is -1.47. The molecule has 0 spiro atoms. The molecule has 0 aromatic carbocycles. The maximum atomic E-state index is 11.9. The van der Waals surface area contributed by atoms with Crippen LogP contribution in [0.25, 0.3) is 0 Å². The summed E-state index contributed by atoms with van der Waals surface area (Å²) in [5.74, 6) is -1.79. The van der Waals surface area contributed by atoms with E-state index in [0.717, 1.165) is 0 Å². The summed E-state index contributed by atoms with van der Waals surface area (Å²) in [5, 5.41) is 9.36. The van der Waals surface area contributed by atoms with Gasteiger partial charge >= 0.3 is 11.9 Å². The first kappa shape index (κ1) is 16.9. The second-order valence-electron chi connectivity index (χ2n) is 4.53. The van der Waals surface area contributed by atoms with Crippen LogP contribution in [0, 0.1) is 5.41 Å². The Labute approximate surface area is 108 Å². The van der Waals surface area contributed by atoms with Gasteiger partial charge in [-0.3, -0.25) is 9.59 Å². The Morgan fingerprint density at radius 2 is 1.83 bits per heavy atom. The van der Waals surface area contributed by atoms with Gasteiger partial charge in [0.25, 0.3) is 0 Å². The van der Waals surface area contributed by atoms with Crippen molar-refractivity contribution in [3.63, 3.8) is 0 Å². The molecule has 0 bridgehead atoms. The molecule has 0 saturated carbocycles. The van der Waals surface area contributed by atoms with E-state index in [2.05, 4.69) is 0 Å². The van der Waals surface area contributed by atoms with Crippen molar-refractivity contribution in [3.05, 3.63) is 0 Å². The van der Waals surface area contributed by atoms with Gasteiger partial charge in [-0.2, -0.15) is 0 Å². The largest absolute Gasteiger partial charge is 0.480 e. The highest BCUT2D eigenvalue weighted by atomic mass is 16.5. The number of hydrogen-bond acceptors (Lipinski definition) is 4. The molecule has 1 atom stereocenters. The summed E-state index contributed by atoms with van der Waals surface area (Å²) in [6.07, 6.45) is 1.03. The predicted molar refractivity (Wildman–Crippen MR) is 67.3 cm³/mol. The molecule has 0 aliphatic rings. The highest BCUT2D eigenvalue weighted by Crippen LogP contribution is 2.31. The normalized spacial score (nSPS) is 14.3. The molecule has 0 heterocycles. The van der Waals surface area contributed by atoms with Gasteiger partial charge in [0.2, 0.25) is 0 Å². The van der Waals surface area contributed by atoms with E-state index in [1.54, 1.807) is 6.92 Å². The highest BCUT2D eigenvalue weighted by molar-refractivity contribution is 5.99. The monoisotopic (exact) mass is 260 g/mol. The van der Waals surface area contributed by atoms with Crippen molar-refractivity contribution in [2.24, 2.45) is 5.41 Å². The van der Waals surface area contributed by atoms with Gasteiger partial charge in [0, 0.05) is 6.61 Å². The number of carbonyl (C=O) groups is 2. The van der Waals surface area contributed by atoms with E-state index in [4.69, 9.17) is 9.47 Å². The number of carbonyl (C=O) groups excluding carboxylic acids is 1. The molecule has 0 aliphatic carbocycles. The van der Waals surface area contributed by atoms with E-state index in [0.29, 0.717) is 6.42 Å². The minimum absolute atomic E-state index is 0.0142. The summed E-state index contributed by atoms with van der Waals surface area (Å²) < 4.78 is 10.3. The van der Waals surface area contributed by atoms with Crippen LogP contribution in [0.4, 0.5) is 0 Å². The summed E-state index contributed by atoms with van der Waals surface area (Å²) in [6.45, 7) is 7.67. The van der Waals surface area contributed by atoms with Crippen molar-refractivity contribution < 1.29 is 24.2 Å². The lowest BCUT2D eigenvalue weighted by Gasteiger charge is -2.27. The zero-order valence-corrected chi connectivity index (χ0v) is 11.7. The van der Waals surface area contributed by atoms with E-state index in [1.165, 1.54) is 0 Å². The Kier molecular flexibility index (Phi) is 7.59.